The van der Waals surface area contributed by atoms with Crippen molar-refractivity contribution in [2.45, 2.75) is 44.3 Å². The highest BCUT2D eigenvalue weighted by Crippen LogP contribution is 2.30. The summed E-state index contributed by atoms with van der Waals surface area (Å²) in [6, 6.07) is 0.421. The molecule has 10 heteroatoms. The zero-order valence-corrected chi connectivity index (χ0v) is 16.7. The van der Waals surface area contributed by atoms with E-state index >= 15 is 0 Å². The van der Waals surface area contributed by atoms with Crippen LogP contribution in [0.2, 0.25) is 0 Å². The van der Waals surface area contributed by atoms with Crippen LogP contribution in [0.5, 0.6) is 5.88 Å². The Bertz CT molecular complexity index is 969. The molecule has 2 aliphatic heterocycles. The number of aromatic hydroxyl groups is 1. The van der Waals surface area contributed by atoms with E-state index in [0.29, 0.717) is 18.2 Å². The predicted molar refractivity (Wildman–Crippen MR) is 110 cm³/mol. The summed E-state index contributed by atoms with van der Waals surface area (Å²) in [5.41, 5.74) is 0.983. The molecule has 4 N–H and O–H groups in total. The van der Waals surface area contributed by atoms with Crippen molar-refractivity contribution in [2.24, 2.45) is 4.99 Å². The van der Waals surface area contributed by atoms with Gasteiger partial charge in [0.1, 0.15) is 11.7 Å². The first kappa shape index (κ1) is 18.4. The molecule has 0 aromatic carbocycles. The fraction of sp³-hybridized carbons (Fsp3) is 0.632. The summed E-state index contributed by atoms with van der Waals surface area (Å²) in [7, 11) is 2.18. The summed E-state index contributed by atoms with van der Waals surface area (Å²) in [6.45, 7) is 4.24. The number of aromatic amines is 2. The molecule has 1 unspecified atom stereocenters. The number of rotatable bonds is 4. The maximum Gasteiger partial charge on any atom is 0.325 e. The average Bonchev–Trinajstić information content (AvgIpc) is 3.38. The lowest BCUT2D eigenvalue weighted by molar-refractivity contribution is 0.221. The quantitative estimate of drug-likeness (QED) is 0.590. The van der Waals surface area contributed by atoms with Gasteiger partial charge in [-0.1, -0.05) is 0 Å². The Hall–Kier alpha value is -2.59. The molecule has 1 saturated carbocycles. The molecule has 10 nitrogen and oxygen atoms in total. The van der Waals surface area contributed by atoms with E-state index in [-0.39, 0.29) is 12.0 Å². The summed E-state index contributed by atoms with van der Waals surface area (Å²) >= 11 is 0. The molecule has 0 bridgehead atoms. The molecule has 1 aliphatic carbocycles. The molecule has 5 rings (SSSR count). The first-order valence-corrected chi connectivity index (χ1v) is 10.4. The zero-order chi connectivity index (χ0) is 20.0. The minimum Gasteiger partial charge on any atom is -0.493 e. The van der Waals surface area contributed by atoms with E-state index in [0.717, 1.165) is 69.1 Å². The van der Waals surface area contributed by atoms with Crippen molar-refractivity contribution in [2.75, 3.05) is 38.5 Å². The first-order chi connectivity index (χ1) is 14.1. The highest BCUT2D eigenvalue weighted by Gasteiger charge is 2.32. The van der Waals surface area contributed by atoms with Crippen LogP contribution in [0.15, 0.2) is 16.0 Å². The van der Waals surface area contributed by atoms with Crippen molar-refractivity contribution in [3.05, 3.63) is 27.9 Å². The number of likely N-dealkylation sites (N-methyl/N-ethyl adjacent to an activating group) is 1. The number of imidazole rings is 1. The fourth-order valence-electron chi connectivity index (χ4n) is 4.18. The smallest absolute Gasteiger partial charge is 0.325 e. The number of fused-ring (bicyclic) bond motifs is 1. The molecule has 4 heterocycles. The van der Waals surface area contributed by atoms with Crippen LogP contribution in [0.25, 0.3) is 0 Å². The maximum atomic E-state index is 11.5. The lowest BCUT2D eigenvalue weighted by atomic mass is 10.1. The number of hydrogen-bond acceptors (Lipinski definition) is 7. The summed E-state index contributed by atoms with van der Waals surface area (Å²) in [5.74, 6) is 1.78. The van der Waals surface area contributed by atoms with Gasteiger partial charge in [-0.15, -0.1) is 0 Å². The molecule has 2 fully saturated rings. The van der Waals surface area contributed by atoms with Crippen LogP contribution in [-0.2, 0) is 6.42 Å². The van der Waals surface area contributed by atoms with Gasteiger partial charge >= 0.3 is 5.69 Å². The van der Waals surface area contributed by atoms with Crippen LogP contribution in [-0.4, -0.2) is 85.9 Å². The van der Waals surface area contributed by atoms with Gasteiger partial charge in [0.2, 0.25) is 5.88 Å². The van der Waals surface area contributed by atoms with Gasteiger partial charge in [0, 0.05) is 38.0 Å². The standard InChI is InChI=1S/C19H28N8O2/c1-25-5-2-6-26(8-7-25)15-10-16(21-13-3-4-13)27-17(23-15)12(11-20-27)9-14-18(28)24-19(29)22-14/h11,13,15,23,28H,2-10H2,1H3,(H2,22,24,29). The number of aliphatic imine (C=N–C) groups is 1. The monoisotopic (exact) mass is 400 g/mol. The topological polar surface area (TPSA) is 118 Å². The van der Waals surface area contributed by atoms with Crippen LogP contribution < -0.4 is 11.0 Å². The molecule has 3 aliphatic rings. The van der Waals surface area contributed by atoms with Crippen molar-refractivity contribution < 1.29 is 5.11 Å². The molecule has 29 heavy (non-hydrogen) atoms. The Kier molecular flexibility index (Phi) is 4.67. The van der Waals surface area contributed by atoms with Gasteiger partial charge in [-0.25, -0.2) is 9.48 Å². The van der Waals surface area contributed by atoms with E-state index in [1.54, 1.807) is 6.20 Å². The Morgan fingerprint density at radius 1 is 1.24 bits per heavy atom. The molecule has 2 aromatic heterocycles. The first-order valence-electron chi connectivity index (χ1n) is 10.4. The predicted octanol–water partition coefficient (Wildman–Crippen LogP) is 0.384. The minimum absolute atomic E-state index is 0.121. The highest BCUT2D eigenvalue weighted by atomic mass is 16.3. The van der Waals surface area contributed by atoms with Gasteiger partial charge < -0.3 is 20.3 Å². The van der Waals surface area contributed by atoms with Crippen molar-refractivity contribution in [1.82, 2.24) is 29.5 Å². The zero-order valence-electron chi connectivity index (χ0n) is 16.7. The third kappa shape index (κ3) is 3.82. The van der Waals surface area contributed by atoms with Gasteiger partial charge in [0.05, 0.1) is 24.1 Å². The van der Waals surface area contributed by atoms with Crippen LogP contribution in [0.1, 0.15) is 36.9 Å². The number of aromatic nitrogens is 4. The minimum atomic E-state index is -0.408. The van der Waals surface area contributed by atoms with Crippen LogP contribution in [0.3, 0.4) is 0 Å². The second-order valence-corrected chi connectivity index (χ2v) is 8.35. The molecule has 0 radical (unpaired) electrons. The van der Waals surface area contributed by atoms with Gasteiger partial charge in [-0.3, -0.25) is 14.9 Å². The van der Waals surface area contributed by atoms with Crippen LogP contribution in [0, 0.1) is 0 Å². The Morgan fingerprint density at radius 2 is 2.10 bits per heavy atom. The normalized spacial score (nSPS) is 25.0. The molecule has 2 aromatic rings. The van der Waals surface area contributed by atoms with E-state index in [9.17, 15) is 9.90 Å². The van der Waals surface area contributed by atoms with Gasteiger partial charge in [-0.2, -0.15) is 5.10 Å². The molecular formula is C19H28N8O2. The van der Waals surface area contributed by atoms with Crippen molar-refractivity contribution in [3.63, 3.8) is 0 Å². The van der Waals surface area contributed by atoms with E-state index in [1.165, 1.54) is 0 Å². The van der Waals surface area contributed by atoms with Crippen molar-refractivity contribution in [1.29, 1.82) is 0 Å². The number of H-pyrrole nitrogens is 2. The van der Waals surface area contributed by atoms with E-state index in [1.807, 2.05) is 4.68 Å². The second-order valence-electron chi connectivity index (χ2n) is 8.35. The Morgan fingerprint density at radius 3 is 2.86 bits per heavy atom. The Balaban J connectivity index is 1.45. The van der Waals surface area contributed by atoms with Crippen LogP contribution >= 0.6 is 0 Å². The van der Waals surface area contributed by atoms with Crippen molar-refractivity contribution >= 4 is 11.7 Å². The molecule has 1 saturated heterocycles. The lowest BCUT2D eigenvalue weighted by Crippen LogP contribution is -2.48. The molecule has 0 amide bonds. The van der Waals surface area contributed by atoms with Gasteiger partial charge in [0.15, 0.2) is 0 Å². The SMILES string of the molecule is CN1CCCN(C2CC(=NC3CC3)n3ncc(Cc4[nH]c(=O)[nH]c4O)c3N2)CC1. The number of hydrogen-bond donors (Lipinski definition) is 4. The molecule has 0 spiro atoms. The van der Waals surface area contributed by atoms with Crippen LogP contribution in [0.4, 0.5) is 5.82 Å². The number of nitrogens with one attached hydrogen (secondary N) is 3. The number of anilines is 1. The van der Waals surface area contributed by atoms with Gasteiger partial charge in [-0.05, 0) is 32.9 Å². The summed E-state index contributed by atoms with van der Waals surface area (Å²) in [5, 5.41) is 18.2. The highest BCUT2D eigenvalue weighted by molar-refractivity contribution is 5.90. The Labute approximate surface area is 168 Å². The third-order valence-corrected chi connectivity index (χ3v) is 5.99. The molecular weight excluding hydrogens is 372 g/mol. The summed E-state index contributed by atoms with van der Waals surface area (Å²) < 4.78 is 1.90. The maximum absolute atomic E-state index is 11.5. The van der Waals surface area contributed by atoms with E-state index in [4.69, 9.17) is 4.99 Å². The number of nitrogens with zero attached hydrogens (tertiary/aromatic N) is 5. The lowest BCUT2D eigenvalue weighted by Gasteiger charge is -2.36. The van der Waals surface area contributed by atoms with Gasteiger partial charge in [0.25, 0.3) is 0 Å². The molecule has 1 atom stereocenters. The fourth-order valence-corrected chi connectivity index (χ4v) is 4.18. The van der Waals surface area contributed by atoms with E-state index < -0.39 is 5.69 Å². The summed E-state index contributed by atoms with van der Waals surface area (Å²) in [6.07, 6.45) is 6.62. The second kappa shape index (κ2) is 7.34. The largest absolute Gasteiger partial charge is 0.493 e. The average molecular weight is 400 g/mol. The summed E-state index contributed by atoms with van der Waals surface area (Å²) in [4.78, 5) is 26.3. The van der Waals surface area contributed by atoms with E-state index in [2.05, 4.69) is 37.2 Å². The molecule has 156 valence electrons. The van der Waals surface area contributed by atoms with Crippen molar-refractivity contribution in [3.8, 4) is 5.88 Å². The third-order valence-electron chi connectivity index (χ3n) is 5.99.